The van der Waals surface area contributed by atoms with Crippen molar-refractivity contribution in [2.24, 2.45) is 0 Å². The molecule has 2 rings (SSSR count). The maximum atomic E-state index is 12.8. The molecule has 1 saturated carbocycles. The van der Waals surface area contributed by atoms with E-state index in [9.17, 15) is 15.0 Å². The third-order valence-corrected chi connectivity index (χ3v) is 4.27. The molecular formula is C18H27NO3. The monoisotopic (exact) mass is 305 g/mol. The van der Waals surface area contributed by atoms with Crippen LogP contribution in [-0.4, -0.2) is 40.2 Å². The summed E-state index contributed by atoms with van der Waals surface area (Å²) in [4.78, 5) is 14.5. The molecule has 122 valence electrons. The minimum atomic E-state index is -0.168. The van der Waals surface area contributed by atoms with Crippen LogP contribution >= 0.6 is 0 Å². The smallest absolute Gasteiger partial charge is 0.257 e. The second-order valence-electron chi connectivity index (χ2n) is 6.77. The highest BCUT2D eigenvalue weighted by atomic mass is 16.3. The van der Waals surface area contributed by atoms with Gasteiger partial charge in [-0.05, 0) is 41.9 Å². The Morgan fingerprint density at radius 3 is 2.32 bits per heavy atom. The van der Waals surface area contributed by atoms with Gasteiger partial charge in [0, 0.05) is 12.6 Å². The minimum Gasteiger partial charge on any atom is -0.507 e. The van der Waals surface area contributed by atoms with Crippen LogP contribution in [0.15, 0.2) is 12.1 Å². The van der Waals surface area contributed by atoms with Crippen molar-refractivity contribution in [3.05, 3.63) is 28.8 Å². The molecule has 1 aromatic rings. The van der Waals surface area contributed by atoms with Gasteiger partial charge in [-0.25, -0.2) is 0 Å². The summed E-state index contributed by atoms with van der Waals surface area (Å²) in [6, 6.07) is 4.01. The normalized spacial score (nSPS) is 14.7. The van der Waals surface area contributed by atoms with E-state index < -0.39 is 0 Å². The molecule has 1 fully saturated rings. The summed E-state index contributed by atoms with van der Waals surface area (Å²) < 4.78 is 0. The number of rotatable bonds is 6. The number of phenolic OH excluding ortho intramolecular Hbond substituents is 1. The van der Waals surface area contributed by atoms with Crippen LogP contribution < -0.4 is 0 Å². The number of aromatic hydroxyl groups is 1. The molecule has 1 aliphatic carbocycles. The molecule has 0 bridgehead atoms. The van der Waals surface area contributed by atoms with E-state index in [1.165, 1.54) is 0 Å². The second-order valence-corrected chi connectivity index (χ2v) is 6.77. The third-order valence-electron chi connectivity index (χ3n) is 4.27. The average molecular weight is 305 g/mol. The zero-order valence-electron chi connectivity index (χ0n) is 14.0. The molecule has 0 spiro atoms. The molecule has 0 unspecified atom stereocenters. The summed E-state index contributed by atoms with van der Waals surface area (Å²) >= 11 is 0. The average Bonchev–Trinajstić information content (AvgIpc) is 3.28. The van der Waals surface area contributed by atoms with Crippen molar-refractivity contribution in [3.8, 4) is 5.75 Å². The zero-order valence-corrected chi connectivity index (χ0v) is 14.0. The number of amides is 1. The molecule has 1 aromatic carbocycles. The van der Waals surface area contributed by atoms with Crippen molar-refractivity contribution in [1.82, 2.24) is 4.90 Å². The zero-order chi connectivity index (χ0) is 16.4. The largest absolute Gasteiger partial charge is 0.507 e. The Labute approximate surface area is 132 Å². The highest BCUT2D eigenvalue weighted by Gasteiger charge is 2.34. The Morgan fingerprint density at radius 2 is 1.86 bits per heavy atom. The molecule has 0 heterocycles. The molecular weight excluding hydrogens is 278 g/mol. The minimum absolute atomic E-state index is 0.0517. The number of phenols is 1. The van der Waals surface area contributed by atoms with E-state index in [1.807, 2.05) is 19.9 Å². The van der Waals surface area contributed by atoms with Gasteiger partial charge in [-0.3, -0.25) is 4.79 Å². The van der Waals surface area contributed by atoms with Gasteiger partial charge in [-0.2, -0.15) is 0 Å². The molecule has 0 saturated heterocycles. The Hall–Kier alpha value is -1.55. The van der Waals surface area contributed by atoms with E-state index in [2.05, 4.69) is 13.8 Å². The van der Waals surface area contributed by atoms with Gasteiger partial charge in [0.15, 0.2) is 0 Å². The number of hydrogen-bond donors (Lipinski definition) is 2. The van der Waals surface area contributed by atoms with Gasteiger partial charge in [0.05, 0.1) is 12.2 Å². The van der Waals surface area contributed by atoms with E-state index in [0.717, 1.165) is 24.0 Å². The summed E-state index contributed by atoms with van der Waals surface area (Å²) in [6.45, 7) is 8.46. The Kier molecular flexibility index (Phi) is 5.12. The standard InChI is InChI=1S/C18H27NO3/c1-11(2)13-9-15(12(3)4)17(21)16(10-13)18(22)19(7-8-20)14-5-6-14/h9-12,14,20-21H,5-8H2,1-4H3. The van der Waals surface area contributed by atoms with Gasteiger partial charge < -0.3 is 15.1 Å². The summed E-state index contributed by atoms with van der Waals surface area (Å²) in [5.41, 5.74) is 2.24. The van der Waals surface area contributed by atoms with Gasteiger partial charge in [0.1, 0.15) is 5.75 Å². The fourth-order valence-electron chi connectivity index (χ4n) is 2.72. The lowest BCUT2D eigenvalue weighted by Crippen LogP contribution is -2.35. The van der Waals surface area contributed by atoms with Crippen LogP contribution in [0.25, 0.3) is 0 Å². The molecule has 0 radical (unpaired) electrons. The van der Waals surface area contributed by atoms with Crippen molar-refractivity contribution < 1.29 is 15.0 Å². The molecule has 1 aliphatic rings. The molecule has 1 amide bonds. The first kappa shape index (κ1) is 16.8. The SMILES string of the molecule is CC(C)c1cc(C(=O)N(CCO)C2CC2)c(O)c(C(C)C)c1. The van der Waals surface area contributed by atoms with E-state index in [0.29, 0.717) is 12.1 Å². The van der Waals surface area contributed by atoms with Crippen molar-refractivity contribution in [2.75, 3.05) is 13.2 Å². The lowest BCUT2D eigenvalue weighted by molar-refractivity contribution is 0.0704. The highest BCUT2D eigenvalue weighted by molar-refractivity contribution is 5.98. The summed E-state index contributed by atoms with van der Waals surface area (Å²) in [5.74, 6) is 0.362. The number of hydrogen-bond acceptors (Lipinski definition) is 3. The molecule has 4 heteroatoms. The van der Waals surface area contributed by atoms with Crippen molar-refractivity contribution >= 4 is 5.91 Å². The first-order valence-corrected chi connectivity index (χ1v) is 8.15. The van der Waals surface area contributed by atoms with Crippen LogP contribution in [0.1, 0.15) is 73.9 Å². The fourth-order valence-corrected chi connectivity index (χ4v) is 2.72. The molecule has 0 aromatic heterocycles. The molecule has 0 atom stereocenters. The third kappa shape index (κ3) is 3.43. The van der Waals surface area contributed by atoms with Crippen LogP contribution in [0.4, 0.5) is 0 Å². The van der Waals surface area contributed by atoms with Gasteiger partial charge in [0.25, 0.3) is 5.91 Å². The van der Waals surface area contributed by atoms with Crippen LogP contribution in [0.5, 0.6) is 5.75 Å². The lowest BCUT2D eigenvalue weighted by atomic mass is 9.91. The molecule has 0 aliphatic heterocycles. The van der Waals surface area contributed by atoms with Crippen molar-refractivity contribution in [3.63, 3.8) is 0 Å². The summed E-state index contributed by atoms with van der Waals surface area (Å²) in [6.07, 6.45) is 1.96. The number of carbonyl (C=O) groups excluding carboxylic acids is 1. The van der Waals surface area contributed by atoms with Crippen molar-refractivity contribution in [2.45, 2.75) is 58.4 Å². The van der Waals surface area contributed by atoms with Gasteiger partial charge in [-0.15, -0.1) is 0 Å². The van der Waals surface area contributed by atoms with E-state index in [-0.39, 0.29) is 36.1 Å². The second kappa shape index (κ2) is 6.69. The Morgan fingerprint density at radius 1 is 1.23 bits per heavy atom. The molecule has 2 N–H and O–H groups in total. The van der Waals surface area contributed by atoms with Gasteiger partial charge in [-0.1, -0.05) is 33.8 Å². The van der Waals surface area contributed by atoms with Gasteiger partial charge in [0.2, 0.25) is 0 Å². The maximum absolute atomic E-state index is 12.8. The number of aliphatic hydroxyl groups excluding tert-OH is 1. The predicted octanol–water partition coefficient (Wildman–Crippen LogP) is 3.24. The number of benzene rings is 1. The summed E-state index contributed by atoms with van der Waals surface area (Å²) in [7, 11) is 0. The molecule has 4 nitrogen and oxygen atoms in total. The van der Waals surface area contributed by atoms with Crippen LogP contribution in [0.2, 0.25) is 0 Å². The van der Waals surface area contributed by atoms with Crippen LogP contribution in [-0.2, 0) is 0 Å². The van der Waals surface area contributed by atoms with E-state index >= 15 is 0 Å². The number of nitrogens with zero attached hydrogens (tertiary/aromatic N) is 1. The van der Waals surface area contributed by atoms with Gasteiger partial charge >= 0.3 is 0 Å². The maximum Gasteiger partial charge on any atom is 0.257 e. The Balaban J connectivity index is 2.45. The van der Waals surface area contributed by atoms with E-state index in [4.69, 9.17) is 0 Å². The highest BCUT2D eigenvalue weighted by Crippen LogP contribution is 2.35. The first-order valence-electron chi connectivity index (χ1n) is 8.15. The summed E-state index contributed by atoms with van der Waals surface area (Å²) in [5, 5.41) is 19.8. The van der Waals surface area contributed by atoms with Crippen LogP contribution in [0.3, 0.4) is 0 Å². The number of carbonyl (C=O) groups is 1. The lowest BCUT2D eigenvalue weighted by Gasteiger charge is -2.24. The number of aliphatic hydroxyl groups is 1. The molecule has 22 heavy (non-hydrogen) atoms. The fraction of sp³-hybridized carbons (Fsp3) is 0.611. The quantitative estimate of drug-likeness (QED) is 0.848. The first-order chi connectivity index (χ1) is 10.4. The van der Waals surface area contributed by atoms with Crippen molar-refractivity contribution in [1.29, 1.82) is 0 Å². The van der Waals surface area contributed by atoms with Crippen LogP contribution in [0, 0.1) is 0 Å². The Bertz CT molecular complexity index is 548. The van der Waals surface area contributed by atoms with E-state index in [1.54, 1.807) is 11.0 Å². The topological polar surface area (TPSA) is 60.8 Å². The predicted molar refractivity (Wildman–Crippen MR) is 87.4 cm³/mol.